The molecule has 2 N–H and O–H groups in total. The first-order chi connectivity index (χ1) is 16.0. The normalized spacial score (nSPS) is 16.5. The SMILES string of the molecule is O=C(Nc1ccc(NS(=O)(=O)c2ccc3c(c2)OCCO3)cc1)C1COc2ccccc2O1. The molecular weight excluding hydrogens is 448 g/mol. The van der Waals surface area contributed by atoms with Gasteiger partial charge in [-0.25, -0.2) is 8.42 Å². The average molecular weight is 468 g/mol. The number of fused-ring (bicyclic) bond motifs is 2. The summed E-state index contributed by atoms with van der Waals surface area (Å²) in [6.45, 7) is 0.880. The predicted molar refractivity (Wildman–Crippen MR) is 120 cm³/mol. The van der Waals surface area contributed by atoms with Crippen molar-refractivity contribution in [3.05, 3.63) is 66.7 Å². The second-order valence-corrected chi connectivity index (χ2v) is 9.02. The summed E-state index contributed by atoms with van der Waals surface area (Å²) in [7, 11) is -3.84. The van der Waals surface area contributed by atoms with Gasteiger partial charge < -0.3 is 24.3 Å². The maximum Gasteiger partial charge on any atom is 0.269 e. The van der Waals surface area contributed by atoms with Crippen LogP contribution in [0.15, 0.2) is 71.6 Å². The van der Waals surface area contributed by atoms with Gasteiger partial charge in [0.25, 0.3) is 15.9 Å². The van der Waals surface area contributed by atoms with E-state index in [1.165, 1.54) is 12.1 Å². The lowest BCUT2D eigenvalue weighted by Gasteiger charge is -2.25. The van der Waals surface area contributed by atoms with Crippen LogP contribution in [-0.4, -0.2) is 40.2 Å². The highest BCUT2D eigenvalue weighted by atomic mass is 32.2. The molecule has 10 heteroatoms. The molecule has 1 unspecified atom stereocenters. The van der Waals surface area contributed by atoms with E-state index in [1.54, 1.807) is 48.5 Å². The van der Waals surface area contributed by atoms with Crippen molar-refractivity contribution in [3.63, 3.8) is 0 Å². The average Bonchev–Trinajstić information content (AvgIpc) is 2.84. The fraction of sp³-hybridized carbons (Fsp3) is 0.174. The van der Waals surface area contributed by atoms with Crippen molar-refractivity contribution in [3.8, 4) is 23.0 Å². The molecule has 2 aliphatic heterocycles. The Morgan fingerprint density at radius 2 is 1.45 bits per heavy atom. The summed E-state index contributed by atoms with van der Waals surface area (Å²) in [6, 6.07) is 17.9. The van der Waals surface area contributed by atoms with Crippen molar-refractivity contribution in [2.24, 2.45) is 0 Å². The number of ether oxygens (including phenoxy) is 4. The monoisotopic (exact) mass is 468 g/mol. The van der Waals surface area contributed by atoms with Gasteiger partial charge in [-0.15, -0.1) is 0 Å². The summed E-state index contributed by atoms with van der Waals surface area (Å²) in [5.74, 6) is 1.63. The Hall–Kier alpha value is -3.92. The zero-order chi connectivity index (χ0) is 22.8. The van der Waals surface area contributed by atoms with E-state index in [1.807, 2.05) is 6.07 Å². The number of carbonyl (C=O) groups excluding carboxylic acids is 1. The van der Waals surface area contributed by atoms with Crippen LogP contribution in [-0.2, 0) is 14.8 Å². The molecule has 0 fully saturated rings. The molecule has 1 amide bonds. The molecule has 3 aromatic rings. The first-order valence-electron chi connectivity index (χ1n) is 10.2. The lowest BCUT2D eigenvalue weighted by molar-refractivity contribution is -0.125. The minimum absolute atomic E-state index is 0.0545. The van der Waals surface area contributed by atoms with E-state index in [0.717, 1.165) is 0 Å². The molecule has 33 heavy (non-hydrogen) atoms. The minimum atomic E-state index is -3.84. The Kier molecular flexibility index (Phi) is 5.43. The van der Waals surface area contributed by atoms with Crippen LogP contribution in [0.3, 0.4) is 0 Å². The number of rotatable bonds is 5. The van der Waals surface area contributed by atoms with Crippen LogP contribution < -0.4 is 29.0 Å². The van der Waals surface area contributed by atoms with Gasteiger partial charge in [-0.2, -0.15) is 0 Å². The largest absolute Gasteiger partial charge is 0.486 e. The molecule has 3 aromatic carbocycles. The Labute approximate surface area is 190 Å². The number of hydrogen-bond donors (Lipinski definition) is 2. The van der Waals surface area contributed by atoms with E-state index >= 15 is 0 Å². The van der Waals surface area contributed by atoms with Crippen molar-refractivity contribution in [1.29, 1.82) is 0 Å². The van der Waals surface area contributed by atoms with Gasteiger partial charge in [-0.3, -0.25) is 9.52 Å². The zero-order valence-electron chi connectivity index (χ0n) is 17.3. The third-order valence-corrected chi connectivity index (χ3v) is 6.41. The minimum Gasteiger partial charge on any atom is -0.486 e. The molecule has 0 aromatic heterocycles. The first kappa shape index (κ1) is 21.0. The first-order valence-corrected chi connectivity index (χ1v) is 11.7. The Bertz CT molecular complexity index is 1290. The molecule has 2 heterocycles. The fourth-order valence-electron chi connectivity index (χ4n) is 3.40. The predicted octanol–water partition coefficient (Wildman–Crippen LogP) is 3.04. The van der Waals surface area contributed by atoms with Crippen molar-refractivity contribution in [1.82, 2.24) is 0 Å². The number of sulfonamides is 1. The van der Waals surface area contributed by atoms with Gasteiger partial charge in [0.2, 0.25) is 6.10 Å². The van der Waals surface area contributed by atoms with Gasteiger partial charge in [0.15, 0.2) is 23.0 Å². The standard InChI is InChI=1S/C23H20N2O7S/c26-23(22-14-31-18-3-1-2-4-20(18)32-22)24-15-5-7-16(8-6-15)25-33(27,28)17-9-10-19-21(13-17)30-12-11-29-19/h1-10,13,22,25H,11-12,14H2,(H,24,26). The highest BCUT2D eigenvalue weighted by molar-refractivity contribution is 7.92. The lowest BCUT2D eigenvalue weighted by Crippen LogP contribution is -2.40. The molecule has 170 valence electrons. The van der Waals surface area contributed by atoms with E-state index in [2.05, 4.69) is 10.0 Å². The number of carbonyl (C=O) groups is 1. The Balaban J connectivity index is 1.23. The van der Waals surface area contributed by atoms with Gasteiger partial charge in [-0.05, 0) is 48.5 Å². The van der Waals surface area contributed by atoms with E-state index in [-0.39, 0.29) is 17.4 Å². The van der Waals surface area contributed by atoms with E-state index in [4.69, 9.17) is 18.9 Å². The maximum atomic E-state index is 12.7. The highest BCUT2D eigenvalue weighted by Crippen LogP contribution is 2.33. The maximum absolute atomic E-state index is 12.7. The number of benzene rings is 3. The van der Waals surface area contributed by atoms with E-state index in [0.29, 0.717) is 47.6 Å². The summed E-state index contributed by atoms with van der Waals surface area (Å²) < 4.78 is 50.2. The quantitative estimate of drug-likeness (QED) is 0.592. The van der Waals surface area contributed by atoms with Crippen LogP contribution in [0.5, 0.6) is 23.0 Å². The van der Waals surface area contributed by atoms with E-state index < -0.39 is 16.1 Å². The Morgan fingerprint density at radius 3 is 2.24 bits per heavy atom. The summed E-state index contributed by atoms with van der Waals surface area (Å²) in [4.78, 5) is 12.6. The van der Waals surface area contributed by atoms with Crippen LogP contribution in [0.25, 0.3) is 0 Å². The topological polar surface area (TPSA) is 112 Å². The summed E-state index contributed by atoms with van der Waals surface area (Å²) in [5, 5.41) is 2.75. The molecule has 2 aliphatic rings. The van der Waals surface area contributed by atoms with Crippen LogP contribution in [0.1, 0.15) is 0 Å². The molecule has 0 bridgehead atoms. The molecule has 5 rings (SSSR count). The number of nitrogens with one attached hydrogen (secondary N) is 2. The highest BCUT2D eigenvalue weighted by Gasteiger charge is 2.27. The number of hydrogen-bond acceptors (Lipinski definition) is 7. The second kappa shape index (κ2) is 8.55. The fourth-order valence-corrected chi connectivity index (χ4v) is 4.47. The lowest BCUT2D eigenvalue weighted by atomic mass is 10.2. The smallest absolute Gasteiger partial charge is 0.269 e. The summed E-state index contributed by atoms with van der Waals surface area (Å²) >= 11 is 0. The van der Waals surface area contributed by atoms with Crippen molar-refractivity contribution in [2.45, 2.75) is 11.0 Å². The molecular formula is C23H20N2O7S. The molecule has 9 nitrogen and oxygen atoms in total. The van der Waals surface area contributed by atoms with Crippen molar-refractivity contribution < 1.29 is 32.2 Å². The van der Waals surface area contributed by atoms with Gasteiger partial charge >= 0.3 is 0 Å². The number of para-hydroxylation sites is 2. The molecule has 0 saturated heterocycles. The summed E-state index contributed by atoms with van der Waals surface area (Å²) in [5.41, 5.74) is 0.832. The van der Waals surface area contributed by atoms with Gasteiger partial charge in [-0.1, -0.05) is 12.1 Å². The molecule has 0 saturated carbocycles. The summed E-state index contributed by atoms with van der Waals surface area (Å²) in [6.07, 6.45) is -0.798. The van der Waals surface area contributed by atoms with Crippen LogP contribution in [0.2, 0.25) is 0 Å². The molecule has 0 radical (unpaired) electrons. The van der Waals surface area contributed by atoms with Gasteiger partial charge in [0.05, 0.1) is 4.90 Å². The third kappa shape index (κ3) is 4.51. The van der Waals surface area contributed by atoms with Crippen LogP contribution in [0.4, 0.5) is 11.4 Å². The Morgan fingerprint density at radius 1 is 0.788 bits per heavy atom. The molecule has 0 spiro atoms. The van der Waals surface area contributed by atoms with Crippen LogP contribution >= 0.6 is 0 Å². The van der Waals surface area contributed by atoms with E-state index in [9.17, 15) is 13.2 Å². The van der Waals surface area contributed by atoms with Crippen molar-refractivity contribution >= 4 is 27.3 Å². The number of amides is 1. The number of anilines is 2. The van der Waals surface area contributed by atoms with Gasteiger partial charge in [0, 0.05) is 17.4 Å². The van der Waals surface area contributed by atoms with Gasteiger partial charge in [0.1, 0.15) is 19.8 Å². The second-order valence-electron chi connectivity index (χ2n) is 7.34. The van der Waals surface area contributed by atoms with Crippen molar-refractivity contribution in [2.75, 3.05) is 29.9 Å². The van der Waals surface area contributed by atoms with Crippen LogP contribution in [0, 0.1) is 0 Å². The zero-order valence-corrected chi connectivity index (χ0v) is 18.1. The molecule has 0 aliphatic carbocycles. The third-order valence-electron chi connectivity index (χ3n) is 5.03. The molecule has 1 atom stereocenters.